The molecule has 0 aromatic heterocycles. The van der Waals surface area contributed by atoms with E-state index in [1.165, 1.54) is 0 Å². The van der Waals surface area contributed by atoms with Gasteiger partial charge in [0.15, 0.2) is 0 Å². The Morgan fingerprint density at radius 2 is 1.62 bits per heavy atom. The van der Waals surface area contributed by atoms with E-state index in [1.54, 1.807) is 0 Å². The highest BCUT2D eigenvalue weighted by molar-refractivity contribution is 7.33. The van der Waals surface area contributed by atoms with Crippen molar-refractivity contribution in [2.24, 2.45) is 0 Å². The largest absolute Gasteiger partial charge is 0.319 e. The lowest BCUT2D eigenvalue weighted by molar-refractivity contribution is 0.263. The number of hydrogen-bond acceptors (Lipinski definition) is 3. The van der Waals surface area contributed by atoms with E-state index in [0.717, 1.165) is 12.8 Å². The summed E-state index contributed by atoms with van der Waals surface area (Å²) in [6, 6.07) is 0. The molecule has 0 spiro atoms. The van der Waals surface area contributed by atoms with E-state index < -0.39 is 8.25 Å². The monoisotopic (exact) mass is 136 g/mol. The molecule has 48 valence electrons. The van der Waals surface area contributed by atoms with Crippen LogP contribution in [0.2, 0.25) is 0 Å². The SMILES string of the molecule is O=[PH]1OCCCCO1. The van der Waals surface area contributed by atoms with Crippen LogP contribution in [0, 0.1) is 0 Å². The van der Waals surface area contributed by atoms with Gasteiger partial charge in [-0.2, -0.15) is 0 Å². The van der Waals surface area contributed by atoms with Gasteiger partial charge in [0.05, 0.1) is 13.2 Å². The molecule has 1 heterocycles. The molecule has 0 N–H and O–H groups in total. The minimum atomic E-state index is -2.08. The van der Waals surface area contributed by atoms with Crippen molar-refractivity contribution < 1.29 is 13.6 Å². The molecule has 0 unspecified atom stereocenters. The molecule has 8 heavy (non-hydrogen) atoms. The zero-order valence-corrected chi connectivity index (χ0v) is 5.55. The van der Waals surface area contributed by atoms with Gasteiger partial charge in [0.25, 0.3) is 0 Å². The maximum Gasteiger partial charge on any atom is 0.319 e. The van der Waals surface area contributed by atoms with Crippen LogP contribution in [0.1, 0.15) is 12.8 Å². The predicted molar refractivity (Wildman–Crippen MR) is 30.1 cm³/mol. The molecule has 0 saturated carbocycles. The fourth-order valence-electron chi connectivity index (χ4n) is 0.557. The van der Waals surface area contributed by atoms with E-state index in [1.807, 2.05) is 0 Å². The minimum absolute atomic E-state index is 0.595. The summed E-state index contributed by atoms with van der Waals surface area (Å²) in [5, 5.41) is 0. The molecule has 4 heteroatoms. The van der Waals surface area contributed by atoms with Gasteiger partial charge in [0, 0.05) is 0 Å². The second-order valence-corrected chi connectivity index (χ2v) is 2.73. The fourth-order valence-corrected chi connectivity index (χ4v) is 1.26. The quantitative estimate of drug-likeness (QED) is 0.469. The number of rotatable bonds is 0. The molecule has 0 amide bonds. The summed E-state index contributed by atoms with van der Waals surface area (Å²) in [5.41, 5.74) is 0. The maximum atomic E-state index is 10.4. The molecular formula is C4H9O3P. The van der Waals surface area contributed by atoms with Crippen LogP contribution >= 0.6 is 8.25 Å². The highest BCUT2D eigenvalue weighted by Gasteiger charge is 2.03. The molecule has 0 aromatic rings. The van der Waals surface area contributed by atoms with Crippen LogP contribution in [-0.4, -0.2) is 13.2 Å². The zero-order chi connectivity index (χ0) is 5.82. The summed E-state index contributed by atoms with van der Waals surface area (Å²) in [6.07, 6.45) is 1.94. The summed E-state index contributed by atoms with van der Waals surface area (Å²) < 4.78 is 19.9. The van der Waals surface area contributed by atoms with E-state index in [4.69, 9.17) is 9.05 Å². The van der Waals surface area contributed by atoms with Gasteiger partial charge in [-0.15, -0.1) is 0 Å². The second-order valence-electron chi connectivity index (χ2n) is 1.65. The third-order valence-corrected chi connectivity index (χ3v) is 1.86. The van der Waals surface area contributed by atoms with Gasteiger partial charge in [0.1, 0.15) is 0 Å². The molecule has 1 aliphatic heterocycles. The average Bonchev–Trinajstić information content (AvgIpc) is 1.94. The van der Waals surface area contributed by atoms with Gasteiger partial charge in [-0.3, -0.25) is 4.57 Å². The molecule has 0 atom stereocenters. The van der Waals surface area contributed by atoms with E-state index in [0.29, 0.717) is 13.2 Å². The Morgan fingerprint density at radius 3 is 2.12 bits per heavy atom. The van der Waals surface area contributed by atoms with Crippen molar-refractivity contribution in [1.29, 1.82) is 0 Å². The highest BCUT2D eigenvalue weighted by Crippen LogP contribution is 2.26. The topological polar surface area (TPSA) is 35.5 Å². The van der Waals surface area contributed by atoms with E-state index in [2.05, 4.69) is 0 Å². The first-order valence-corrected chi connectivity index (χ1v) is 3.91. The Hall–Kier alpha value is 0.150. The Kier molecular flexibility index (Phi) is 2.53. The van der Waals surface area contributed by atoms with E-state index >= 15 is 0 Å². The minimum Gasteiger partial charge on any atom is -0.311 e. The molecule has 3 nitrogen and oxygen atoms in total. The smallest absolute Gasteiger partial charge is 0.311 e. The van der Waals surface area contributed by atoms with Gasteiger partial charge in [-0.1, -0.05) is 0 Å². The van der Waals surface area contributed by atoms with Crippen molar-refractivity contribution in [3.8, 4) is 0 Å². The lowest BCUT2D eigenvalue weighted by Gasteiger charge is -1.94. The molecule has 0 aromatic carbocycles. The molecule has 1 aliphatic rings. The third kappa shape index (κ3) is 1.95. The Morgan fingerprint density at radius 1 is 1.12 bits per heavy atom. The van der Waals surface area contributed by atoms with Crippen molar-refractivity contribution >= 4 is 8.25 Å². The Balaban J connectivity index is 2.27. The lowest BCUT2D eigenvalue weighted by atomic mass is 10.3. The van der Waals surface area contributed by atoms with Crippen LogP contribution in [-0.2, 0) is 13.6 Å². The van der Waals surface area contributed by atoms with Gasteiger partial charge in [0.2, 0.25) is 0 Å². The van der Waals surface area contributed by atoms with Gasteiger partial charge < -0.3 is 9.05 Å². The molecule has 0 bridgehead atoms. The van der Waals surface area contributed by atoms with E-state index in [-0.39, 0.29) is 0 Å². The van der Waals surface area contributed by atoms with Crippen LogP contribution in [0.4, 0.5) is 0 Å². The molecule has 1 saturated heterocycles. The van der Waals surface area contributed by atoms with Crippen molar-refractivity contribution in [3.05, 3.63) is 0 Å². The fraction of sp³-hybridized carbons (Fsp3) is 1.00. The Bertz CT molecular complexity index is 83.3. The predicted octanol–water partition coefficient (Wildman–Crippen LogP) is 1.20. The first-order chi connectivity index (χ1) is 3.89. The second kappa shape index (κ2) is 3.23. The van der Waals surface area contributed by atoms with Crippen molar-refractivity contribution in [1.82, 2.24) is 0 Å². The lowest BCUT2D eigenvalue weighted by Crippen LogP contribution is -1.82. The summed E-state index contributed by atoms with van der Waals surface area (Å²) in [7, 11) is -2.08. The molecule has 1 fully saturated rings. The summed E-state index contributed by atoms with van der Waals surface area (Å²) in [4.78, 5) is 0. The average molecular weight is 136 g/mol. The summed E-state index contributed by atoms with van der Waals surface area (Å²) in [5.74, 6) is 0. The molecule has 1 rings (SSSR count). The third-order valence-electron chi connectivity index (χ3n) is 0.979. The van der Waals surface area contributed by atoms with Crippen LogP contribution in [0.15, 0.2) is 0 Å². The Labute approximate surface area is 48.9 Å². The van der Waals surface area contributed by atoms with Crippen LogP contribution < -0.4 is 0 Å². The van der Waals surface area contributed by atoms with E-state index in [9.17, 15) is 4.57 Å². The van der Waals surface area contributed by atoms with Gasteiger partial charge >= 0.3 is 8.25 Å². The van der Waals surface area contributed by atoms with Crippen LogP contribution in [0.25, 0.3) is 0 Å². The van der Waals surface area contributed by atoms with Crippen LogP contribution in [0.3, 0.4) is 0 Å². The normalized spacial score (nSPS) is 25.0. The summed E-state index contributed by atoms with van der Waals surface area (Å²) >= 11 is 0. The van der Waals surface area contributed by atoms with Gasteiger partial charge in [-0.05, 0) is 12.8 Å². The zero-order valence-electron chi connectivity index (χ0n) is 4.55. The van der Waals surface area contributed by atoms with Crippen molar-refractivity contribution in [3.63, 3.8) is 0 Å². The maximum absolute atomic E-state index is 10.4. The standard InChI is InChI=1S/C4H9O3P/c5-8-6-3-1-2-4-7-8/h8H,1-4H2. The van der Waals surface area contributed by atoms with Crippen LogP contribution in [0.5, 0.6) is 0 Å². The van der Waals surface area contributed by atoms with Crippen molar-refractivity contribution in [2.75, 3.05) is 13.2 Å². The number of hydrogen-bond donors (Lipinski definition) is 0. The van der Waals surface area contributed by atoms with Gasteiger partial charge in [-0.25, -0.2) is 0 Å². The summed E-state index contributed by atoms with van der Waals surface area (Å²) in [6.45, 7) is 1.19. The molecule has 0 aliphatic carbocycles. The first-order valence-electron chi connectivity index (χ1n) is 2.69. The first kappa shape index (κ1) is 6.27. The molecular weight excluding hydrogens is 127 g/mol. The highest BCUT2D eigenvalue weighted by atomic mass is 31.1. The molecule has 0 radical (unpaired) electrons. The van der Waals surface area contributed by atoms with Crippen molar-refractivity contribution in [2.45, 2.75) is 12.8 Å².